The first-order chi connectivity index (χ1) is 7.18. The van der Waals surface area contributed by atoms with Crippen LogP contribution < -0.4 is 5.32 Å². The Bertz CT molecular complexity index is 338. The Balaban J connectivity index is 2.26. The predicted octanol–water partition coefficient (Wildman–Crippen LogP) is 0.638. The van der Waals surface area contributed by atoms with Crippen molar-refractivity contribution >= 4 is 19.0 Å². The topological polar surface area (TPSA) is 38.3 Å². The molecule has 0 spiro atoms. The molecule has 1 N–H and O–H groups in total. The molecule has 0 aliphatic heterocycles. The van der Waals surface area contributed by atoms with Crippen LogP contribution in [-0.4, -0.2) is 25.6 Å². The molecule has 1 rings (SSSR count). The maximum atomic E-state index is 10.6. The number of hydrogen-bond acceptors (Lipinski definition) is 2. The molecule has 0 unspecified atom stereocenters. The average Bonchev–Trinajstić information content (AvgIpc) is 2.25. The quantitative estimate of drug-likeness (QED) is 0.711. The minimum atomic E-state index is -0.124. The first-order valence-electron chi connectivity index (χ1n) is 4.71. The van der Waals surface area contributed by atoms with Crippen molar-refractivity contribution in [3.63, 3.8) is 0 Å². The van der Waals surface area contributed by atoms with Crippen molar-refractivity contribution in [1.29, 1.82) is 0 Å². The van der Waals surface area contributed by atoms with Gasteiger partial charge in [0.15, 0.2) is 0 Å². The van der Waals surface area contributed by atoms with Gasteiger partial charge in [-0.25, -0.2) is 0 Å². The van der Waals surface area contributed by atoms with Gasteiger partial charge in [0.05, 0.1) is 0 Å². The Morgan fingerprint density at radius 1 is 1.40 bits per heavy atom. The molecule has 0 aliphatic rings. The zero-order valence-corrected chi connectivity index (χ0v) is 8.69. The average molecular weight is 202 g/mol. The van der Waals surface area contributed by atoms with E-state index in [2.05, 4.69) is 5.32 Å². The summed E-state index contributed by atoms with van der Waals surface area (Å²) >= 11 is 0. The number of benzene rings is 1. The van der Waals surface area contributed by atoms with Gasteiger partial charge in [0.1, 0.15) is 0 Å². The second-order valence-corrected chi connectivity index (χ2v) is 3.15. The van der Waals surface area contributed by atoms with Gasteiger partial charge in [-0.15, -0.1) is 0 Å². The summed E-state index contributed by atoms with van der Waals surface area (Å²) in [4.78, 5) is 10.6. The number of ether oxygens (including phenoxy) is 1. The molecule has 0 saturated carbocycles. The van der Waals surface area contributed by atoms with Crippen LogP contribution in [0.25, 0.3) is 0 Å². The van der Waals surface area contributed by atoms with Gasteiger partial charge in [0.25, 0.3) is 0 Å². The summed E-state index contributed by atoms with van der Waals surface area (Å²) in [5.74, 6) is -0.124. The summed E-state index contributed by atoms with van der Waals surface area (Å²) in [5.41, 5.74) is 1.36. The molecule has 1 amide bonds. The molecular formula is C11H13BNO2. The van der Waals surface area contributed by atoms with Crippen LogP contribution in [0.2, 0.25) is 0 Å². The van der Waals surface area contributed by atoms with E-state index in [1.807, 2.05) is 30.3 Å². The Hall–Kier alpha value is -1.58. The molecule has 15 heavy (non-hydrogen) atoms. The standard InChI is InChI=1S/C11H13BNO2/c1-9(14)13-7-11(12)15-8-10-5-3-2-4-6-10/h2-6H,7-8H2,1H3,(H,13,14). The van der Waals surface area contributed by atoms with Crippen molar-refractivity contribution in [2.75, 3.05) is 6.54 Å². The third kappa shape index (κ3) is 5.01. The van der Waals surface area contributed by atoms with Crippen molar-refractivity contribution in [3.8, 4) is 0 Å². The van der Waals surface area contributed by atoms with Gasteiger partial charge in [0, 0.05) is 0 Å². The van der Waals surface area contributed by atoms with Gasteiger partial charge in [0.2, 0.25) is 0 Å². The van der Waals surface area contributed by atoms with Gasteiger partial charge in [-0.05, 0) is 0 Å². The van der Waals surface area contributed by atoms with E-state index in [0.29, 0.717) is 12.3 Å². The first kappa shape index (κ1) is 11.5. The van der Waals surface area contributed by atoms with Crippen molar-refractivity contribution in [2.45, 2.75) is 13.5 Å². The molecule has 1 radical (unpaired) electrons. The van der Waals surface area contributed by atoms with Crippen LogP contribution in [0.15, 0.2) is 30.3 Å². The van der Waals surface area contributed by atoms with Crippen LogP contribution in [0.4, 0.5) is 0 Å². The Labute approximate surface area is 90.5 Å². The Morgan fingerprint density at radius 3 is 2.67 bits per heavy atom. The van der Waals surface area contributed by atoms with Gasteiger partial charge < -0.3 is 0 Å². The maximum absolute atomic E-state index is 10.6. The van der Waals surface area contributed by atoms with Gasteiger partial charge in [-0.1, -0.05) is 0 Å². The van der Waals surface area contributed by atoms with Crippen molar-refractivity contribution < 1.29 is 9.53 Å². The third-order valence-electron chi connectivity index (χ3n) is 1.78. The molecule has 0 aromatic heterocycles. The summed E-state index contributed by atoms with van der Waals surface area (Å²) in [6.45, 7) is 2.11. The number of rotatable bonds is 5. The number of nitrogens with one attached hydrogen (secondary N) is 1. The predicted molar refractivity (Wildman–Crippen MR) is 60.7 cm³/mol. The molecule has 0 atom stereocenters. The second kappa shape index (κ2) is 6.01. The molecule has 0 aliphatic carbocycles. The van der Waals surface area contributed by atoms with E-state index in [4.69, 9.17) is 12.2 Å². The van der Waals surface area contributed by atoms with Crippen molar-refractivity contribution in [2.24, 2.45) is 0 Å². The number of carbonyl (C=O) groups is 1. The molecule has 4 heteroatoms. The summed E-state index contributed by atoms with van der Waals surface area (Å²) in [6.07, 6.45) is 0. The van der Waals surface area contributed by atoms with Crippen LogP contribution in [-0.2, 0) is 16.1 Å². The van der Waals surface area contributed by atoms with Crippen molar-refractivity contribution in [1.82, 2.24) is 5.32 Å². The van der Waals surface area contributed by atoms with Crippen LogP contribution in [0, 0.1) is 0 Å². The van der Waals surface area contributed by atoms with E-state index in [-0.39, 0.29) is 12.5 Å². The molecule has 0 heterocycles. The van der Waals surface area contributed by atoms with Gasteiger partial charge >= 0.3 is 89.9 Å². The minimum absolute atomic E-state index is 0.124. The molecule has 1 aromatic carbocycles. The summed E-state index contributed by atoms with van der Waals surface area (Å²) in [5, 5.41) is 2.56. The van der Waals surface area contributed by atoms with E-state index in [1.54, 1.807) is 0 Å². The van der Waals surface area contributed by atoms with Crippen LogP contribution in [0.3, 0.4) is 0 Å². The fourth-order valence-corrected chi connectivity index (χ4v) is 1.01. The molecule has 1 aromatic rings. The fraction of sp³-hybridized carbons (Fsp3) is 0.273. The van der Waals surface area contributed by atoms with Gasteiger partial charge in [-0.2, -0.15) is 0 Å². The second-order valence-electron chi connectivity index (χ2n) is 3.15. The number of amides is 1. The van der Waals surface area contributed by atoms with Crippen LogP contribution in [0.5, 0.6) is 0 Å². The molecule has 77 valence electrons. The zero-order valence-electron chi connectivity index (χ0n) is 8.69. The number of carbonyl (C=O) groups excluding carboxylic acids is 1. The van der Waals surface area contributed by atoms with Crippen LogP contribution >= 0.6 is 0 Å². The fourth-order valence-electron chi connectivity index (χ4n) is 1.01. The van der Waals surface area contributed by atoms with Gasteiger partial charge in [-0.3, -0.25) is 0 Å². The SMILES string of the molecule is [B]=C(CNC(C)=O)OCc1ccccc1. The first-order valence-corrected chi connectivity index (χ1v) is 4.71. The number of hydrogen-bond donors (Lipinski definition) is 1. The zero-order chi connectivity index (χ0) is 11.1. The molecule has 0 saturated heterocycles. The van der Waals surface area contributed by atoms with E-state index in [1.165, 1.54) is 6.92 Å². The van der Waals surface area contributed by atoms with E-state index in [9.17, 15) is 4.79 Å². The normalized spacial score (nSPS) is 9.33. The summed E-state index contributed by atoms with van der Waals surface area (Å²) in [6, 6.07) is 9.71. The molecule has 0 fully saturated rings. The molecular weight excluding hydrogens is 189 g/mol. The Morgan fingerprint density at radius 2 is 2.07 bits per heavy atom. The molecule has 3 nitrogen and oxygen atoms in total. The van der Waals surface area contributed by atoms with E-state index >= 15 is 0 Å². The molecule has 0 bridgehead atoms. The van der Waals surface area contributed by atoms with Crippen molar-refractivity contribution in [3.05, 3.63) is 35.9 Å². The third-order valence-corrected chi connectivity index (χ3v) is 1.78. The Kier molecular flexibility index (Phi) is 4.61. The summed E-state index contributed by atoms with van der Waals surface area (Å²) < 4.78 is 5.26. The monoisotopic (exact) mass is 202 g/mol. The van der Waals surface area contributed by atoms with E-state index < -0.39 is 0 Å². The van der Waals surface area contributed by atoms with Crippen LogP contribution in [0.1, 0.15) is 12.5 Å². The van der Waals surface area contributed by atoms with E-state index in [0.717, 1.165) is 5.56 Å². The summed E-state index contributed by atoms with van der Waals surface area (Å²) in [7, 11) is 5.55.